The summed E-state index contributed by atoms with van der Waals surface area (Å²) in [5.74, 6) is -0.428. The van der Waals surface area contributed by atoms with Gasteiger partial charge in [-0.15, -0.1) is 0 Å². The van der Waals surface area contributed by atoms with Crippen LogP contribution in [0.3, 0.4) is 0 Å². The number of ether oxygens (including phenoxy) is 2. The molecule has 0 radical (unpaired) electrons. The van der Waals surface area contributed by atoms with Gasteiger partial charge in [0.1, 0.15) is 19.3 Å². The summed E-state index contributed by atoms with van der Waals surface area (Å²) in [4.78, 5) is 23.5. The van der Waals surface area contributed by atoms with Crippen molar-refractivity contribution in [3.8, 4) is 11.5 Å². The standard InChI is InChI=1S/C15H19NO5/c1-15(2,3)12(14(18)19)16-13(17)9-4-5-10-11(8-9)21-7-6-20-10/h4-5,8,12H,6-7H2,1-3H3,(H,16,17)(H,18,19)/t12-/m1/s1. The Bertz CT molecular complexity index is 562. The quantitative estimate of drug-likeness (QED) is 0.885. The Labute approximate surface area is 123 Å². The lowest BCUT2D eigenvalue weighted by Crippen LogP contribution is -2.49. The van der Waals surface area contributed by atoms with Crippen LogP contribution in [0.1, 0.15) is 31.1 Å². The Morgan fingerprint density at radius 1 is 1.19 bits per heavy atom. The van der Waals surface area contributed by atoms with Gasteiger partial charge in [-0.25, -0.2) is 4.79 Å². The lowest BCUT2D eigenvalue weighted by Gasteiger charge is -2.28. The number of benzene rings is 1. The molecule has 21 heavy (non-hydrogen) atoms. The number of hydrogen-bond acceptors (Lipinski definition) is 4. The number of carboxylic acid groups (broad SMARTS) is 1. The Morgan fingerprint density at radius 2 is 1.81 bits per heavy atom. The number of fused-ring (bicyclic) bond motifs is 1. The maximum atomic E-state index is 12.2. The van der Waals surface area contributed by atoms with Crippen molar-refractivity contribution in [2.24, 2.45) is 5.41 Å². The molecule has 1 atom stereocenters. The molecule has 0 spiro atoms. The summed E-state index contributed by atoms with van der Waals surface area (Å²) in [6.07, 6.45) is 0. The largest absolute Gasteiger partial charge is 0.486 e. The van der Waals surface area contributed by atoms with E-state index >= 15 is 0 Å². The second kappa shape index (κ2) is 5.63. The lowest BCUT2D eigenvalue weighted by molar-refractivity contribution is -0.142. The first kappa shape index (κ1) is 15.2. The highest BCUT2D eigenvalue weighted by Gasteiger charge is 2.33. The SMILES string of the molecule is CC(C)(C)[C@H](NC(=O)c1ccc2c(c1)OCCO2)C(=O)O. The average Bonchev–Trinajstić information content (AvgIpc) is 2.42. The van der Waals surface area contributed by atoms with Crippen molar-refractivity contribution >= 4 is 11.9 Å². The summed E-state index contributed by atoms with van der Waals surface area (Å²) in [5.41, 5.74) is -0.246. The first-order valence-electron chi connectivity index (χ1n) is 6.72. The zero-order valence-electron chi connectivity index (χ0n) is 12.3. The summed E-state index contributed by atoms with van der Waals surface area (Å²) >= 11 is 0. The number of nitrogens with one attached hydrogen (secondary N) is 1. The number of carboxylic acids is 1. The Balaban J connectivity index is 2.18. The molecule has 1 aromatic rings. The van der Waals surface area contributed by atoms with Crippen molar-refractivity contribution < 1.29 is 24.2 Å². The van der Waals surface area contributed by atoms with E-state index in [0.717, 1.165) is 0 Å². The summed E-state index contributed by atoms with van der Waals surface area (Å²) in [6, 6.07) is 3.82. The molecule has 2 rings (SSSR count). The lowest BCUT2D eigenvalue weighted by atomic mass is 9.86. The molecule has 1 heterocycles. The second-order valence-corrected chi connectivity index (χ2v) is 5.97. The molecule has 2 N–H and O–H groups in total. The van der Waals surface area contributed by atoms with Crippen LogP contribution in [0, 0.1) is 5.41 Å². The highest BCUT2D eigenvalue weighted by molar-refractivity contribution is 5.97. The fraction of sp³-hybridized carbons (Fsp3) is 0.467. The fourth-order valence-corrected chi connectivity index (χ4v) is 2.05. The monoisotopic (exact) mass is 293 g/mol. The number of carbonyl (C=O) groups excluding carboxylic acids is 1. The van der Waals surface area contributed by atoms with Gasteiger partial charge in [-0.3, -0.25) is 4.79 Å². The van der Waals surface area contributed by atoms with Crippen molar-refractivity contribution in [2.75, 3.05) is 13.2 Å². The van der Waals surface area contributed by atoms with Crippen LogP contribution in [0.2, 0.25) is 0 Å². The Kier molecular flexibility index (Phi) is 4.06. The second-order valence-electron chi connectivity index (χ2n) is 5.97. The molecule has 0 fully saturated rings. The molecule has 6 nitrogen and oxygen atoms in total. The van der Waals surface area contributed by atoms with Gasteiger partial charge in [0.2, 0.25) is 0 Å². The molecular weight excluding hydrogens is 274 g/mol. The van der Waals surface area contributed by atoms with Crippen LogP contribution in [0.5, 0.6) is 11.5 Å². The van der Waals surface area contributed by atoms with Crippen molar-refractivity contribution in [1.82, 2.24) is 5.32 Å². The minimum Gasteiger partial charge on any atom is -0.486 e. The minimum absolute atomic E-state index is 0.342. The third-order valence-electron chi connectivity index (χ3n) is 3.19. The van der Waals surface area contributed by atoms with Gasteiger partial charge in [-0.1, -0.05) is 20.8 Å². The third kappa shape index (κ3) is 3.45. The van der Waals surface area contributed by atoms with E-state index in [-0.39, 0.29) is 0 Å². The zero-order chi connectivity index (χ0) is 15.6. The molecule has 1 aromatic carbocycles. The molecule has 0 saturated heterocycles. The van der Waals surface area contributed by atoms with Gasteiger partial charge in [0.15, 0.2) is 11.5 Å². The first-order valence-corrected chi connectivity index (χ1v) is 6.72. The van der Waals surface area contributed by atoms with E-state index in [2.05, 4.69) is 5.32 Å². The van der Waals surface area contributed by atoms with E-state index in [1.54, 1.807) is 39.0 Å². The molecule has 6 heteroatoms. The number of aliphatic carboxylic acids is 1. The molecule has 0 aromatic heterocycles. The maximum Gasteiger partial charge on any atom is 0.326 e. The van der Waals surface area contributed by atoms with Gasteiger partial charge in [-0.05, 0) is 23.6 Å². The Hall–Kier alpha value is -2.24. The van der Waals surface area contributed by atoms with Crippen LogP contribution >= 0.6 is 0 Å². The highest BCUT2D eigenvalue weighted by atomic mass is 16.6. The van der Waals surface area contributed by atoms with Gasteiger partial charge in [0, 0.05) is 5.56 Å². The van der Waals surface area contributed by atoms with Crippen molar-refractivity contribution in [3.63, 3.8) is 0 Å². The van der Waals surface area contributed by atoms with Crippen LogP contribution in [0.25, 0.3) is 0 Å². The van der Waals surface area contributed by atoms with Crippen molar-refractivity contribution in [1.29, 1.82) is 0 Å². The molecule has 0 unspecified atom stereocenters. The third-order valence-corrected chi connectivity index (χ3v) is 3.19. The molecular formula is C15H19NO5. The van der Waals surface area contributed by atoms with E-state index in [4.69, 9.17) is 9.47 Å². The average molecular weight is 293 g/mol. The molecule has 1 amide bonds. The first-order chi connectivity index (χ1) is 9.79. The van der Waals surface area contributed by atoms with Gasteiger partial charge in [0.05, 0.1) is 0 Å². The highest BCUT2D eigenvalue weighted by Crippen LogP contribution is 2.31. The van der Waals surface area contributed by atoms with E-state index in [9.17, 15) is 14.7 Å². The van der Waals surface area contributed by atoms with E-state index in [0.29, 0.717) is 30.3 Å². The number of carbonyl (C=O) groups is 2. The van der Waals surface area contributed by atoms with Gasteiger partial charge in [0.25, 0.3) is 5.91 Å². The van der Waals surface area contributed by atoms with Crippen LogP contribution in [-0.2, 0) is 4.79 Å². The fourth-order valence-electron chi connectivity index (χ4n) is 2.05. The van der Waals surface area contributed by atoms with E-state index in [1.807, 2.05) is 0 Å². The Morgan fingerprint density at radius 3 is 2.38 bits per heavy atom. The zero-order valence-corrected chi connectivity index (χ0v) is 12.3. The molecule has 0 aliphatic carbocycles. The summed E-state index contributed by atoms with van der Waals surface area (Å²) < 4.78 is 10.8. The maximum absolute atomic E-state index is 12.2. The van der Waals surface area contributed by atoms with Crippen molar-refractivity contribution in [3.05, 3.63) is 23.8 Å². The van der Waals surface area contributed by atoms with Crippen LogP contribution in [0.15, 0.2) is 18.2 Å². The number of amides is 1. The van der Waals surface area contributed by atoms with Crippen LogP contribution < -0.4 is 14.8 Å². The molecule has 1 aliphatic rings. The summed E-state index contributed by atoms with van der Waals surface area (Å²) in [7, 11) is 0. The van der Waals surface area contributed by atoms with Gasteiger partial charge < -0.3 is 19.9 Å². The summed E-state index contributed by atoms with van der Waals surface area (Å²) in [6.45, 7) is 6.18. The smallest absolute Gasteiger partial charge is 0.326 e. The summed E-state index contributed by atoms with van der Waals surface area (Å²) in [5, 5.41) is 11.8. The van der Waals surface area contributed by atoms with Crippen molar-refractivity contribution in [2.45, 2.75) is 26.8 Å². The molecule has 114 valence electrons. The van der Waals surface area contributed by atoms with E-state index in [1.165, 1.54) is 0 Å². The van der Waals surface area contributed by atoms with Gasteiger partial charge >= 0.3 is 5.97 Å². The normalized spacial score (nSPS) is 15.2. The number of rotatable bonds is 3. The van der Waals surface area contributed by atoms with Crippen LogP contribution in [0.4, 0.5) is 0 Å². The number of hydrogen-bond donors (Lipinski definition) is 2. The topological polar surface area (TPSA) is 84.9 Å². The minimum atomic E-state index is -1.06. The predicted molar refractivity (Wildman–Crippen MR) is 75.8 cm³/mol. The van der Waals surface area contributed by atoms with E-state index < -0.39 is 23.3 Å². The molecule has 1 aliphatic heterocycles. The predicted octanol–water partition coefficient (Wildman–Crippen LogP) is 1.69. The molecule has 0 bridgehead atoms. The molecule has 0 saturated carbocycles. The van der Waals surface area contributed by atoms with Gasteiger partial charge in [-0.2, -0.15) is 0 Å². The van der Waals surface area contributed by atoms with Crippen LogP contribution in [-0.4, -0.2) is 36.2 Å².